The third-order valence-corrected chi connectivity index (χ3v) is 3.67. The number of thioether (sulfide) groups is 1. The summed E-state index contributed by atoms with van der Waals surface area (Å²) in [5.41, 5.74) is 0.971. The molecule has 1 aliphatic rings. The second-order valence-corrected chi connectivity index (χ2v) is 5.19. The minimum atomic E-state index is 0.522. The third kappa shape index (κ3) is 2.39. The summed E-state index contributed by atoms with van der Waals surface area (Å²) in [6.45, 7) is 1.97. The lowest BCUT2D eigenvalue weighted by Crippen LogP contribution is -2.11. The Kier molecular flexibility index (Phi) is 3.29. The van der Waals surface area contributed by atoms with Crippen molar-refractivity contribution < 1.29 is 0 Å². The summed E-state index contributed by atoms with van der Waals surface area (Å²) in [7, 11) is 0. The van der Waals surface area contributed by atoms with E-state index in [9.17, 15) is 0 Å². The Balaban J connectivity index is 2.21. The van der Waals surface area contributed by atoms with Gasteiger partial charge >= 0.3 is 0 Å². The van der Waals surface area contributed by atoms with Gasteiger partial charge in [0, 0.05) is 11.6 Å². The lowest BCUT2D eigenvalue weighted by Gasteiger charge is -2.20. The smallest absolute Gasteiger partial charge is 0.133 e. The molecule has 2 heterocycles. The summed E-state index contributed by atoms with van der Waals surface area (Å²) in [6, 6.07) is 1.81. The summed E-state index contributed by atoms with van der Waals surface area (Å²) in [5, 5.41) is 0.575. The van der Waals surface area contributed by atoms with Crippen molar-refractivity contribution in [1.82, 2.24) is 9.97 Å². The number of aryl methyl sites for hydroxylation is 1. The molecule has 0 bridgehead atoms. The SMILES string of the molecule is Cc1cc(Cl)nc(C2CCSCC2)n1. The average molecular weight is 229 g/mol. The average Bonchev–Trinajstić information content (AvgIpc) is 2.18. The zero-order chi connectivity index (χ0) is 9.97. The van der Waals surface area contributed by atoms with Crippen LogP contribution < -0.4 is 0 Å². The van der Waals surface area contributed by atoms with E-state index in [1.54, 1.807) is 0 Å². The highest BCUT2D eigenvalue weighted by atomic mass is 35.5. The van der Waals surface area contributed by atoms with E-state index in [0.717, 1.165) is 11.5 Å². The first-order chi connectivity index (χ1) is 6.75. The number of hydrogen-bond donors (Lipinski definition) is 0. The van der Waals surface area contributed by atoms with Gasteiger partial charge in [0.25, 0.3) is 0 Å². The molecule has 4 heteroatoms. The van der Waals surface area contributed by atoms with Crippen molar-refractivity contribution >= 4 is 23.4 Å². The normalized spacial score (nSPS) is 18.4. The minimum Gasteiger partial charge on any atom is -0.238 e. The van der Waals surface area contributed by atoms with Gasteiger partial charge < -0.3 is 0 Å². The van der Waals surface area contributed by atoms with Crippen molar-refractivity contribution in [3.8, 4) is 0 Å². The standard InChI is InChI=1S/C10H13ClN2S/c1-7-6-9(11)13-10(12-7)8-2-4-14-5-3-8/h6,8H,2-5H2,1H3. The fourth-order valence-electron chi connectivity index (χ4n) is 1.69. The van der Waals surface area contributed by atoms with E-state index < -0.39 is 0 Å². The molecule has 0 aliphatic carbocycles. The van der Waals surface area contributed by atoms with Gasteiger partial charge in [0.15, 0.2) is 0 Å². The van der Waals surface area contributed by atoms with Gasteiger partial charge in [-0.25, -0.2) is 9.97 Å². The van der Waals surface area contributed by atoms with Gasteiger partial charge in [-0.2, -0.15) is 11.8 Å². The maximum absolute atomic E-state index is 5.91. The monoisotopic (exact) mass is 228 g/mol. The lowest BCUT2D eigenvalue weighted by atomic mass is 10.0. The van der Waals surface area contributed by atoms with Crippen molar-refractivity contribution in [2.75, 3.05) is 11.5 Å². The Morgan fingerprint density at radius 3 is 2.71 bits per heavy atom. The first kappa shape index (κ1) is 10.2. The molecule has 0 saturated carbocycles. The van der Waals surface area contributed by atoms with Gasteiger partial charge in [-0.3, -0.25) is 0 Å². The summed E-state index contributed by atoms with van der Waals surface area (Å²) in [5.74, 6) is 3.91. The molecule has 0 atom stereocenters. The van der Waals surface area contributed by atoms with Crippen molar-refractivity contribution in [2.24, 2.45) is 0 Å². The zero-order valence-corrected chi connectivity index (χ0v) is 9.74. The van der Waals surface area contributed by atoms with E-state index in [1.165, 1.54) is 24.3 Å². The van der Waals surface area contributed by atoms with Crippen LogP contribution in [0.15, 0.2) is 6.07 Å². The maximum Gasteiger partial charge on any atom is 0.133 e. The van der Waals surface area contributed by atoms with Crippen LogP contribution in [-0.4, -0.2) is 21.5 Å². The molecule has 2 nitrogen and oxygen atoms in total. The number of rotatable bonds is 1. The van der Waals surface area contributed by atoms with Crippen molar-refractivity contribution in [3.05, 3.63) is 22.7 Å². The van der Waals surface area contributed by atoms with Crippen molar-refractivity contribution in [2.45, 2.75) is 25.7 Å². The molecule has 1 aliphatic heterocycles. The van der Waals surface area contributed by atoms with Gasteiger partial charge in [0.2, 0.25) is 0 Å². The molecular formula is C10H13ClN2S. The Morgan fingerprint density at radius 1 is 1.36 bits per heavy atom. The fraction of sp³-hybridized carbons (Fsp3) is 0.600. The van der Waals surface area contributed by atoms with Crippen LogP contribution in [0.25, 0.3) is 0 Å². The third-order valence-electron chi connectivity index (χ3n) is 2.43. The second-order valence-electron chi connectivity index (χ2n) is 3.58. The molecule has 2 rings (SSSR count). The van der Waals surface area contributed by atoms with E-state index in [2.05, 4.69) is 9.97 Å². The maximum atomic E-state index is 5.91. The van der Waals surface area contributed by atoms with Gasteiger partial charge in [0.05, 0.1) is 0 Å². The summed E-state index contributed by atoms with van der Waals surface area (Å²) < 4.78 is 0. The van der Waals surface area contributed by atoms with E-state index in [0.29, 0.717) is 11.1 Å². The molecule has 76 valence electrons. The van der Waals surface area contributed by atoms with Crippen LogP contribution >= 0.6 is 23.4 Å². The molecule has 0 N–H and O–H groups in total. The molecule has 1 aromatic rings. The van der Waals surface area contributed by atoms with E-state index in [-0.39, 0.29) is 0 Å². The van der Waals surface area contributed by atoms with Crippen molar-refractivity contribution in [1.29, 1.82) is 0 Å². The molecule has 0 unspecified atom stereocenters. The van der Waals surface area contributed by atoms with Crippen molar-refractivity contribution in [3.63, 3.8) is 0 Å². The molecule has 14 heavy (non-hydrogen) atoms. The van der Waals surface area contributed by atoms with Crippen LogP contribution in [0.5, 0.6) is 0 Å². The van der Waals surface area contributed by atoms with E-state index >= 15 is 0 Å². The largest absolute Gasteiger partial charge is 0.238 e. The molecule has 0 radical (unpaired) electrons. The molecular weight excluding hydrogens is 216 g/mol. The van der Waals surface area contributed by atoms with Crippen LogP contribution in [-0.2, 0) is 0 Å². The summed E-state index contributed by atoms with van der Waals surface area (Å²) in [6.07, 6.45) is 2.37. The minimum absolute atomic E-state index is 0.522. The number of hydrogen-bond acceptors (Lipinski definition) is 3. The Bertz CT molecular complexity index is 304. The van der Waals surface area contributed by atoms with Crippen LogP contribution in [0, 0.1) is 6.92 Å². The Hall–Kier alpha value is -0.280. The predicted octanol–water partition coefficient (Wildman–Crippen LogP) is 3.05. The number of halogens is 1. The highest BCUT2D eigenvalue weighted by molar-refractivity contribution is 7.99. The Labute approximate surface area is 93.5 Å². The topological polar surface area (TPSA) is 25.8 Å². The van der Waals surface area contributed by atoms with Crippen LogP contribution in [0.3, 0.4) is 0 Å². The highest BCUT2D eigenvalue weighted by Gasteiger charge is 2.18. The van der Waals surface area contributed by atoms with Crippen LogP contribution in [0.2, 0.25) is 5.15 Å². The Morgan fingerprint density at radius 2 is 2.07 bits per heavy atom. The molecule has 1 saturated heterocycles. The lowest BCUT2D eigenvalue weighted by molar-refractivity contribution is 0.596. The predicted molar refractivity (Wildman–Crippen MR) is 61.1 cm³/mol. The summed E-state index contributed by atoms with van der Waals surface area (Å²) >= 11 is 7.93. The molecule has 0 amide bonds. The van der Waals surface area contributed by atoms with Gasteiger partial charge in [-0.05, 0) is 37.3 Å². The molecule has 0 spiro atoms. The van der Waals surface area contributed by atoms with Crippen LogP contribution in [0.4, 0.5) is 0 Å². The number of nitrogens with zero attached hydrogens (tertiary/aromatic N) is 2. The molecule has 1 fully saturated rings. The number of aromatic nitrogens is 2. The highest BCUT2D eigenvalue weighted by Crippen LogP contribution is 2.29. The quantitative estimate of drug-likeness (QED) is 0.691. The molecule has 1 aromatic heterocycles. The van der Waals surface area contributed by atoms with Gasteiger partial charge in [0.1, 0.15) is 11.0 Å². The van der Waals surface area contributed by atoms with Gasteiger partial charge in [-0.15, -0.1) is 0 Å². The zero-order valence-electron chi connectivity index (χ0n) is 8.16. The van der Waals surface area contributed by atoms with E-state index in [4.69, 9.17) is 11.6 Å². The van der Waals surface area contributed by atoms with E-state index in [1.807, 2.05) is 24.8 Å². The second kappa shape index (κ2) is 4.49. The van der Waals surface area contributed by atoms with Gasteiger partial charge in [-0.1, -0.05) is 11.6 Å². The first-order valence-corrected chi connectivity index (χ1v) is 6.38. The first-order valence-electron chi connectivity index (χ1n) is 4.84. The fourth-order valence-corrected chi connectivity index (χ4v) is 3.04. The summed E-state index contributed by atoms with van der Waals surface area (Å²) in [4.78, 5) is 8.76. The van der Waals surface area contributed by atoms with Crippen LogP contribution in [0.1, 0.15) is 30.3 Å². The molecule has 0 aromatic carbocycles.